The molecule has 1 aliphatic carbocycles. The van der Waals surface area contributed by atoms with Crippen LogP contribution in [0, 0.1) is 0 Å². The third kappa shape index (κ3) is 2.47. The molecule has 6 heteroatoms. The maximum absolute atomic E-state index is 12.5. The molecule has 6 nitrogen and oxygen atoms in total. The fourth-order valence-corrected chi connectivity index (χ4v) is 3.21. The summed E-state index contributed by atoms with van der Waals surface area (Å²) in [4.78, 5) is 25.9. The number of carbonyl (C=O) groups excluding carboxylic acids is 2. The number of urea groups is 1. The molecule has 0 aromatic heterocycles. The monoisotopic (exact) mass is 288 g/mol. The van der Waals surface area contributed by atoms with Crippen LogP contribution in [-0.2, 0) is 11.2 Å². The van der Waals surface area contributed by atoms with Crippen LogP contribution in [0.25, 0.3) is 0 Å². The zero-order valence-corrected chi connectivity index (χ0v) is 11.9. The average molecular weight is 288 g/mol. The summed E-state index contributed by atoms with van der Waals surface area (Å²) in [6.07, 6.45) is 4.21. The number of amides is 3. The van der Waals surface area contributed by atoms with Crippen LogP contribution in [0.4, 0.5) is 10.5 Å². The van der Waals surface area contributed by atoms with Crippen molar-refractivity contribution in [2.45, 2.75) is 37.6 Å². The highest BCUT2D eigenvalue weighted by Crippen LogP contribution is 2.35. The molecule has 1 aromatic rings. The third-order valence-corrected chi connectivity index (χ3v) is 4.45. The Kier molecular flexibility index (Phi) is 3.55. The van der Waals surface area contributed by atoms with Crippen molar-refractivity contribution in [2.24, 2.45) is 5.84 Å². The van der Waals surface area contributed by atoms with Crippen LogP contribution >= 0.6 is 0 Å². The van der Waals surface area contributed by atoms with Gasteiger partial charge in [0.05, 0.1) is 0 Å². The summed E-state index contributed by atoms with van der Waals surface area (Å²) in [5.41, 5.74) is 3.87. The van der Waals surface area contributed by atoms with Gasteiger partial charge in [0.25, 0.3) is 5.91 Å². The quantitative estimate of drug-likeness (QED) is 0.444. The molecule has 112 valence electrons. The number of nitrogens with two attached hydrogens (primary N) is 1. The maximum Gasteiger partial charge on any atom is 0.325 e. The minimum absolute atomic E-state index is 0.0507. The van der Waals surface area contributed by atoms with Crippen molar-refractivity contribution in [3.05, 3.63) is 29.8 Å². The lowest BCUT2D eigenvalue weighted by Gasteiger charge is -2.20. The molecule has 1 saturated carbocycles. The number of hydrogen-bond acceptors (Lipinski definition) is 4. The Morgan fingerprint density at radius 1 is 1.19 bits per heavy atom. The minimum atomic E-state index is -0.607. The first-order valence-electron chi connectivity index (χ1n) is 7.34. The standard InChI is InChI=1S/C15H20N4O2/c16-18-12-5-3-11(4-6-12)7-10-19-13(20)15(17-14(19)21)8-1-2-9-15/h3-6,18H,1-2,7-10,16H2,(H,17,21). The molecule has 0 atom stereocenters. The summed E-state index contributed by atoms with van der Waals surface area (Å²) in [5.74, 6) is 5.27. The lowest BCUT2D eigenvalue weighted by atomic mass is 9.98. The average Bonchev–Trinajstić information content (AvgIpc) is 3.05. The zero-order valence-electron chi connectivity index (χ0n) is 11.9. The van der Waals surface area contributed by atoms with Gasteiger partial charge in [-0.15, -0.1) is 0 Å². The summed E-state index contributed by atoms with van der Waals surface area (Å²) < 4.78 is 0. The van der Waals surface area contributed by atoms with Gasteiger partial charge in [0.15, 0.2) is 0 Å². The maximum atomic E-state index is 12.5. The van der Waals surface area contributed by atoms with Crippen molar-refractivity contribution in [3.63, 3.8) is 0 Å². The number of benzene rings is 1. The number of carbonyl (C=O) groups is 2. The number of nitrogens with one attached hydrogen (secondary N) is 2. The molecule has 21 heavy (non-hydrogen) atoms. The Bertz CT molecular complexity index is 549. The van der Waals surface area contributed by atoms with Crippen molar-refractivity contribution in [1.29, 1.82) is 0 Å². The first kappa shape index (κ1) is 13.9. The number of imide groups is 1. The zero-order chi connectivity index (χ0) is 14.9. The van der Waals surface area contributed by atoms with Gasteiger partial charge in [-0.3, -0.25) is 15.5 Å². The Morgan fingerprint density at radius 2 is 1.86 bits per heavy atom. The molecule has 0 bridgehead atoms. The van der Waals surface area contributed by atoms with Gasteiger partial charge < -0.3 is 10.7 Å². The van der Waals surface area contributed by atoms with E-state index in [-0.39, 0.29) is 11.9 Å². The molecule has 2 aliphatic rings. The fraction of sp³-hybridized carbons (Fsp3) is 0.467. The number of nitrogens with zero attached hydrogens (tertiary/aromatic N) is 1. The van der Waals surface area contributed by atoms with Crippen LogP contribution < -0.4 is 16.6 Å². The second-order valence-electron chi connectivity index (χ2n) is 5.77. The van der Waals surface area contributed by atoms with Crippen molar-refractivity contribution >= 4 is 17.6 Å². The van der Waals surface area contributed by atoms with Crippen LogP contribution in [0.3, 0.4) is 0 Å². The molecule has 1 aliphatic heterocycles. The van der Waals surface area contributed by atoms with Crippen molar-refractivity contribution in [1.82, 2.24) is 10.2 Å². The van der Waals surface area contributed by atoms with E-state index in [1.54, 1.807) is 0 Å². The Morgan fingerprint density at radius 3 is 2.48 bits per heavy atom. The number of hydrazine groups is 1. The molecule has 1 heterocycles. The summed E-state index contributed by atoms with van der Waals surface area (Å²) in [6, 6.07) is 7.39. The highest BCUT2D eigenvalue weighted by molar-refractivity contribution is 6.07. The summed E-state index contributed by atoms with van der Waals surface area (Å²) in [5, 5.41) is 2.89. The fourth-order valence-electron chi connectivity index (χ4n) is 3.21. The van der Waals surface area contributed by atoms with Crippen LogP contribution in [0.1, 0.15) is 31.2 Å². The van der Waals surface area contributed by atoms with E-state index < -0.39 is 5.54 Å². The molecule has 3 rings (SSSR count). The number of hydrogen-bond donors (Lipinski definition) is 3. The first-order valence-corrected chi connectivity index (χ1v) is 7.34. The minimum Gasteiger partial charge on any atom is -0.324 e. The molecular weight excluding hydrogens is 268 g/mol. The largest absolute Gasteiger partial charge is 0.325 e. The molecular formula is C15H20N4O2. The van der Waals surface area contributed by atoms with Gasteiger partial charge in [0, 0.05) is 12.2 Å². The van der Waals surface area contributed by atoms with Crippen LogP contribution in [0.15, 0.2) is 24.3 Å². The Hall–Kier alpha value is -2.08. The molecule has 4 N–H and O–H groups in total. The van der Waals surface area contributed by atoms with Gasteiger partial charge in [-0.25, -0.2) is 4.79 Å². The van der Waals surface area contributed by atoms with E-state index in [1.807, 2.05) is 24.3 Å². The number of nitrogen functional groups attached to an aromatic ring is 1. The van der Waals surface area contributed by atoms with E-state index in [0.717, 1.165) is 36.9 Å². The van der Waals surface area contributed by atoms with Gasteiger partial charge in [-0.05, 0) is 37.0 Å². The van der Waals surface area contributed by atoms with E-state index in [9.17, 15) is 9.59 Å². The predicted octanol–water partition coefficient (Wildman–Crippen LogP) is 1.38. The Labute approximate surface area is 123 Å². The molecule has 0 radical (unpaired) electrons. The molecule has 1 saturated heterocycles. The molecule has 0 unspecified atom stereocenters. The SMILES string of the molecule is NNc1ccc(CCN2C(=O)NC3(CCCC3)C2=O)cc1. The van der Waals surface area contributed by atoms with E-state index in [0.29, 0.717) is 13.0 Å². The number of rotatable bonds is 4. The van der Waals surface area contributed by atoms with Crippen molar-refractivity contribution < 1.29 is 9.59 Å². The predicted molar refractivity (Wildman–Crippen MR) is 79.4 cm³/mol. The van der Waals surface area contributed by atoms with E-state index in [2.05, 4.69) is 10.7 Å². The van der Waals surface area contributed by atoms with Crippen LogP contribution in [-0.4, -0.2) is 28.9 Å². The second kappa shape index (κ2) is 5.37. The summed E-state index contributed by atoms with van der Waals surface area (Å²) >= 11 is 0. The third-order valence-electron chi connectivity index (χ3n) is 4.45. The highest BCUT2D eigenvalue weighted by Gasteiger charge is 2.51. The first-order chi connectivity index (χ1) is 10.1. The lowest BCUT2D eigenvalue weighted by molar-refractivity contribution is -0.131. The molecule has 2 fully saturated rings. The van der Waals surface area contributed by atoms with E-state index in [4.69, 9.17) is 5.84 Å². The molecule has 3 amide bonds. The van der Waals surface area contributed by atoms with Crippen molar-refractivity contribution in [2.75, 3.05) is 12.0 Å². The van der Waals surface area contributed by atoms with Gasteiger partial charge >= 0.3 is 6.03 Å². The summed E-state index contributed by atoms with van der Waals surface area (Å²) in [6.45, 7) is 0.418. The smallest absolute Gasteiger partial charge is 0.324 e. The number of anilines is 1. The summed E-state index contributed by atoms with van der Waals surface area (Å²) in [7, 11) is 0. The van der Waals surface area contributed by atoms with Gasteiger partial charge in [-0.2, -0.15) is 0 Å². The molecule has 1 spiro atoms. The van der Waals surface area contributed by atoms with Crippen molar-refractivity contribution in [3.8, 4) is 0 Å². The normalized spacial score (nSPS) is 20.1. The Balaban J connectivity index is 1.64. The van der Waals surface area contributed by atoms with Crippen LogP contribution in [0.5, 0.6) is 0 Å². The van der Waals surface area contributed by atoms with Gasteiger partial charge in [0.2, 0.25) is 0 Å². The highest BCUT2D eigenvalue weighted by atomic mass is 16.2. The second-order valence-corrected chi connectivity index (χ2v) is 5.77. The topological polar surface area (TPSA) is 87.5 Å². The van der Waals surface area contributed by atoms with E-state index in [1.165, 1.54) is 4.90 Å². The van der Waals surface area contributed by atoms with E-state index >= 15 is 0 Å². The van der Waals surface area contributed by atoms with Crippen LogP contribution in [0.2, 0.25) is 0 Å². The lowest BCUT2D eigenvalue weighted by Crippen LogP contribution is -2.44. The molecule has 1 aromatic carbocycles. The van der Waals surface area contributed by atoms with Gasteiger partial charge in [0.1, 0.15) is 5.54 Å². The van der Waals surface area contributed by atoms with Gasteiger partial charge in [-0.1, -0.05) is 25.0 Å².